The van der Waals surface area contributed by atoms with Gasteiger partial charge in [-0.15, -0.1) is 0 Å². The number of ether oxygens (including phenoxy) is 1. The van der Waals surface area contributed by atoms with E-state index in [-0.39, 0.29) is 24.4 Å². The first-order chi connectivity index (χ1) is 14.0. The molecular weight excluding hydrogens is 382 g/mol. The van der Waals surface area contributed by atoms with Crippen molar-refractivity contribution in [2.24, 2.45) is 0 Å². The van der Waals surface area contributed by atoms with E-state index in [1.165, 1.54) is 4.90 Å². The monoisotopic (exact) mass is 419 g/mol. The maximum absolute atomic E-state index is 13.2. The van der Waals surface area contributed by atoms with Gasteiger partial charge < -0.3 is 20.3 Å². The Bertz CT molecular complexity index is 727. The molecule has 1 aromatic rings. The lowest BCUT2D eigenvalue weighted by atomic mass is 10.0. The van der Waals surface area contributed by atoms with Crippen molar-refractivity contribution in [2.45, 2.75) is 79.0 Å². The van der Waals surface area contributed by atoms with Crippen molar-refractivity contribution in [3.8, 4) is 0 Å². The quantitative estimate of drug-likeness (QED) is 0.639. The second-order valence-electron chi connectivity index (χ2n) is 8.55. The molecule has 0 aromatic heterocycles. The van der Waals surface area contributed by atoms with Crippen molar-refractivity contribution in [3.63, 3.8) is 0 Å². The number of hydrogen-bond acceptors (Lipinski definition) is 4. The largest absolute Gasteiger partial charge is 0.444 e. The number of aryl methyl sites for hydroxylation is 1. The van der Waals surface area contributed by atoms with E-state index in [2.05, 4.69) is 17.6 Å². The van der Waals surface area contributed by atoms with Crippen molar-refractivity contribution in [1.29, 1.82) is 0 Å². The smallest absolute Gasteiger partial charge is 0.408 e. The molecule has 0 spiro atoms. The van der Waals surface area contributed by atoms with E-state index in [9.17, 15) is 14.4 Å². The highest BCUT2D eigenvalue weighted by Crippen LogP contribution is 2.23. The van der Waals surface area contributed by atoms with Crippen LogP contribution in [0, 0.1) is 6.92 Å². The van der Waals surface area contributed by atoms with Crippen LogP contribution in [0.1, 0.15) is 71.6 Å². The van der Waals surface area contributed by atoms with Crippen LogP contribution < -0.4 is 10.6 Å². The SMILES string of the molecule is CCCC(C)NC(=O)C(c1cccc(C)c1)N(CC)C(=O)CNC(=O)OC(C)(C)C. The van der Waals surface area contributed by atoms with E-state index in [4.69, 9.17) is 4.74 Å². The maximum Gasteiger partial charge on any atom is 0.408 e. The highest BCUT2D eigenvalue weighted by atomic mass is 16.6. The lowest BCUT2D eigenvalue weighted by molar-refractivity contribution is -0.140. The molecule has 30 heavy (non-hydrogen) atoms. The van der Waals surface area contributed by atoms with E-state index in [0.29, 0.717) is 6.54 Å². The number of nitrogens with zero attached hydrogens (tertiary/aromatic N) is 1. The number of likely N-dealkylation sites (N-methyl/N-ethyl adjacent to an activating group) is 1. The van der Waals surface area contributed by atoms with E-state index >= 15 is 0 Å². The molecule has 2 atom stereocenters. The summed E-state index contributed by atoms with van der Waals surface area (Å²) in [7, 11) is 0. The first-order valence-corrected chi connectivity index (χ1v) is 10.6. The van der Waals surface area contributed by atoms with Crippen LogP contribution in [-0.2, 0) is 14.3 Å². The summed E-state index contributed by atoms with van der Waals surface area (Å²) in [6, 6.07) is 6.80. The number of amides is 3. The van der Waals surface area contributed by atoms with Gasteiger partial charge in [-0.25, -0.2) is 4.79 Å². The molecule has 3 amide bonds. The highest BCUT2D eigenvalue weighted by Gasteiger charge is 2.31. The van der Waals surface area contributed by atoms with Crippen LogP contribution in [0.3, 0.4) is 0 Å². The third-order valence-corrected chi connectivity index (χ3v) is 4.47. The zero-order chi connectivity index (χ0) is 22.9. The number of carbonyl (C=O) groups is 3. The van der Waals surface area contributed by atoms with Crippen LogP contribution in [0.4, 0.5) is 4.79 Å². The number of alkyl carbamates (subject to hydrolysis) is 1. The van der Waals surface area contributed by atoms with E-state index in [0.717, 1.165) is 24.0 Å². The van der Waals surface area contributed by atoms with E-state index < -0.39 is 17.7 Å². The fourth-order valence-corrected chi connectivity index (χ4v) is 3.21. The summed E-state index contributed by atoms with van der Waals surface area (Å²) >= 11 is 0. The van der Waals surface area contributed by atoms with Gasteiger partial charge in [0.1, 0.15) is 18.2 Å². The van der Waals surface area contributed by atoms with Gasteiger partial charge in [-0.2, -0.15) is 0 Å². The summed E-state index contributed by atoms with van der Waals surface area (Å²) in [4.78, 5) is 39.5. The molecule has 0 radical (unpaired) electrons. The third kappa shape index (κ3) is 8.43. The molecule has 0 aliphatic carbocycles. The summed E-state index contributed by atoms with van der Waals surface area (Å²) in [5.74, 6) is -0.581. The molecule has 0 aliphatic heterocycles. The van der Waals surface area contributed by atoms with Crippen LogP contribution in [0.2, 0.25) is 0 Å². The maximum atomic E-state index is 13.2. The summed E-state index contributed by atoms with van der Waals surface area (Å²) in [6.07, 6.45) is 1.14. The van der Waals surface area contributed by atoms with Gasteiger partial charge >= 0.3 is 6.09 Å². The molecule has 0 heterocycles. The van der Waals surface area contributed by atoms with Gasteiger partial charge in [0.2, 0.25) is 11.8 Å². The predicted molar refractivity (Wildman–Crippen MR) is 118 cm³/mol. The predicted octanol–water partition coefficient (Wildman–Crippen LogP) is 3.71. The molecule has 7 nitrogen and oxygen atoms in total. The second kappa shape index (κ2) is 11.6. The topological polar surface area (TPSA) is 87.7 Å². The zero-order valence-corrected chi connectivity index (χ0v) is 19.4. The first-order valence-electron chi connectivity index (χ1n) is 10.6. The first kappa shape index (κ1) is 25.5. The Balaban J connectivity index is 3.05. The Morgan fingerprint density at radius 1 is 1.17 bits per heavy atom. The molecule has 2 unspecified atom stereocenters. The lowest BCUT2D eigenvalue weighted by Gasteiger charge is -2.31. The Labute approximate surface area is 180 Å². The van der Waals surface area contributed by atoms with Crippen LogP contribution in [0.25, 0.3) is 0 Å². The minimum Gasteiger partial charge on any atom is -0.444 e. The summed E-state index contributed by atoms with van der Waals surface area (Å²) < 4.78 is 5.19. The van der Waals surface area contributed by atoms with E-state index in [1.54, 1.807) is 20.8 Å². The zero-order valence-electron chi connectivity index (χ0n) is 19.4. The molecule has 1 aromatic carbocycles. The highest BCUT2D eigenvalue weighted by molar-refractivity contribution is 5.90. The molecule has 0 saturated carbocycles. The van der Waals surface area contributed by atoms with Crippen molar-refractivity contribution in [2.75, 3.05) is 13.1 Å². The molecule has 0 aliphatic rings. The van der Waals surface area contributed by atoms with Gasteiger partial charge in [0.05, 0.1) is 0 Å². The molecule has 0 fully saturated rings. The molecular formula is C23H37N3O4. The molecule has 168 valence electrons. The number of rotatable bonds is 9. The molecule has 0 bridgehead atoms. The fourth-order valence-electron chi connectivity index (χ4n) is 3.21. The van der Waals surface area contributed by atoms with Crippen molar-refractivity contribution in [3.05, 3.63) is 35.4 Å². The summed E-state index contributed by atoms with van der Waals surface area (Å²) in [5, 5.41) is 5.51. The van der Waals surface area contributed by atoms with Gasteiger partial charge in [0.15, 0.2) is 0 Å². The van der Waals surface area contributed by atoms with Crippen molar-refractivity contribution < 1.29 is 19.1 Å². The number of nitrogens with one attached hydrogen (secondary N) is 2. The van der Waals surface area contributed by atoms with Crippen LogP contribution in [0.5, 0.6) is 0 Å². The number of hydrogen-bond donors (Lipinski definition) is 2. The number of carbonyl (C=O) groups excluding carboxylic acids is 3. The molecule has 7 heteroatoms. The van der Waals surface area contributed by atoms with Gasteiger partial charge in [0, 0.05) is 12.6 Å². The number of benzene rings is 1. The third-order valence-electron chi connectivity index (χ3n) is 4.47. The Kier molecular flexibility index (Phi) is 9.82. The average Bonchev–Trinajstić information content (AvgIpc) is 2.62. The summed E-state index contributed by atoms with van der Waals surface area (Å²) in [6.45, 7) is 13.1. The minimum atomic E-state index is -0.776. The lowest BCUT2D eigenvalue weighted by Crippen LogP contribution is -2.49. The molecule has 2 N–H and O–H groups in total. The van der Waals surface area contributed by atoms with Gasteiger partial charge in [-0.3, -0.25) is 9.59 Å². The Morgan fingerprint density at radius 3 is 2.37 bits per heavy atom. The van der Waals surface area contributed by atoms with Crippen LogP contribution in [0.15, 0.2) is 24.3 Å². The normalized spacial score (nSPS) is 13.2. The van der Waals surface area contributed by atoms with Crippen molar-refractivity contribution in [1.82, 2.24) is 15.5 Å². The fraction of sp³-hybridized carbons (Fsp3) is 0.609. The average molecular weight is 420 g/mol. The molecule has 0 saturated heterocycles. The van der Waals surface area contributed by atoms with Gasteiger partial charge in [-0.1, -0.05) is 43.2 Å². The summed E-state index contributed by atoms with van der Waals surface area (Å²) in [5.41, 5.74) is 1.09. The Morgan fingerprint density at radius 2 is 1.83 bits per heavy atom. The van der Waals surface area contributed by atoms with Crippen molar-refractivity contribution >= 4 is 17.9 Å². The Hall–Kier alpha value is -2.57. The molecule has 1 rings (SSSR count). The van der Waals surface area contributed by atoms with Gasteiger partial charge in [0.25, 0.3) is 0 Å². The van der Waals surface area contributed by atoms with Crippen LogP contribution >= 0.6 is 0 Å². The van der Waals surface area contributed by atoms with Gasteiger partial charge in [-0.05, 0) is 53.5 Å². The van der Waals surface area contributed by atoms with E-state index in [1.807, 2.05) is 45.0 Å². The standard InChI is InChI=1S/C23H37N3O4/c1-8-11-17(4)25-21(28)20(18-13-10-12-16(3)14-18)26(9-2)19(27)15-24-22(29)30-23(5,6)7/h10,12-14,17,20H,8-9,11,15H2,1-7H3,(H,24,29)(H,25,28). The van der Waals surface area contributed by atoms with Crippen LogP contribution in [-0.4, -0.2) is 47.5 Å². The minimum absolute atomic E-state index is 0.00325. The second-order valence-corrected chi connectivity index (χ2v) is 8.55.